The van der Waals surface area contributed by atoms with Gasteiger partial charge in [0.2, 0.25) is 12.7 Å². The van der Waals surface area contributed by atoms with Crippen LogP contribution in [0.5, 0.6) is 11.5 Å². The highest BCUT2D eigenvalue weighted by Crippen LogP contribution is 2.32. The maximum absolute atomic E-state index is 12.1. The molecule has 3 amide bonds. The molecule has 7 nitrogen and oxygen atoms in total. The average Bonchev–Trinajstić information content (AvgIpc) is 3.10. The zero-order valence-electron chi connectivity index (χ0n) is 14.2. The lowest BCUT2D eigenvalue weighted by molar-refractivity contribution is -0.131. The van der Waals surface area contributed by atoms with Crippen molar-refractivity contribution < 1.29 is 19.1 Å². The van der Waals surface area contributed by atoms with E-state index in [0.717, 1.165) is 11.3 Å². The van der Waals surface area contributed by atoms with Gasteiger partial charge >= 0.3 is 6.03 Å². The van der Waals surface area contributed by atoms with E-state index >= 15 is 0 Å². The molecule has 0 radical (unpaired) electrons. The summed E-state index contributed by atoms with van der Waals surface area (Å²) in [6.45, 7) is 7.13. The predicted molar refractivity (Wildman–Crippen MR) is 87.8 cm³/mol. The first-order valence-corrected chi connectivity index (χ1v) is 8.06. The number of amides is 3. The van der Waals surface area contributed by atoms with Gasteiger partial charge in [-0.05, 0) is 38.5 Å². The fourth-order valence-electron chi connectivity index (χ4n) is 2.92. The quantitative estimate of drug-likeness (QED) is 0.881. The number of hydrogen-bond donors (Lipinski definition) is 2. The van der Waals surface area contributed by atoms with Gasteiger partial charge in [0.15, 0.2) is 11.5 Å². The highest BCUT2D eigenvalue weighted by Gasteiger charge is 2.36. The van der Waals surface area contributed by atoms with Gasteiger partial charge in [0.25, 0.3) is 0 Å². The molecule has 1 fully saturated rings. The molecule has 2 N–H and O–H groups in total. The molecule has 1 atom stereocenters. The summed E-state index contributed by atoms with van der Waals surface area (Å²) in [5.74, 6) is 1.48. The number of benzene rings is 1. The highest BCUT2D eigenvalue weighted by molar-refractivity contribution is 5.82. The number of likely N-dealkylation sites (tertiary alicyclic amines) is 1. The molecule has 0 aliphatic carbocycles. The molecule has 0 saturated carbocycles. The summed E-state index contributed by atoms with van der Waals surface area (Å²) in [4.78, 5) is 25.9. The number of urea groups is 1. The first kappa shape index (κ1) is 16.4. The summed E-state index contributed by atoms with van der Waals surface area (Å²) in [5, 5.41) is 5.67. The van der Waals surface area contributed by atoms with Crippen LogP contribution < -0.4 is 20.1 Å². The Kier molecular flexibility index (Phi) is 4.26. The molecule has 2 aliphatic heterocycles. The number of ether oxygens (including phenoxy) is 2. The van der Waals surface area contributed by atoms with Gasteiger partial charge in [-0.15, -0.1) is 0 Å². The predicted octanol–water partition coefficient (Wildman–Crippen LogP) is 1.61. The van der Waals surface area contributed by atoms with E-state index in [0.29, 0.717) is 25.3 Å². The van der Waals surface area contributed by atoms with E-state index in [-0.39, 0.29) is 30.3 Å². The first-order valence-electron chi connectivity index (χ1n) is 8.06. The minimum atomic E-state index is -0.277. The summed E-state index contributed by atoms with van der Waals surface area (Å²) in [7, 11) is 0. The lowest BCUT2D eigenvalue weighted by Gasteiger charge is -2.32. The fourth-order valence-corrected chi connectivity index (χ4v) is 2.92. The number of fused-ring (bicyclic) bond motifs is 1. The van der Waals surface area contributed by atoms with E-state index in [1.165, 1.54) is 0 Å². The van der Waals surface area contributed by atoms with E-state index in [2.05, 4.69) is 10.6 Å². The van der Waals surface area contributed by atoms with Gasteiger partial charge in [0, 0.05) is 25.0 Å². The van der Waals surface area contributed by atoms with Crippen molar-refractivity contribution in [2.45, 2.75) is 45.3 Å². The van der Waals surface area contributed by atoms with Crippen LogP contribution in [0.4, 0.5) is 4.79 Å². The van der Waals surface area contributed by atoms with Crippen LogP contribution in [0.15, 0.2) is 18.2 Å². The van der Waals surface area contributed by atoms with Gasteiger partial charge in [-0.1, -0.05) is 6.07 Å². The van der Waals surface area contributed by atoms with E-state index < -0.39 is 0 Å². The number of carbonyl (C=O) groups is 2. The zero-order valence-corrected chi connectivity index (χ0v) is 14.2. The molecular formula is C17H23N3O4. The van der Waals surface area contributed by atoms with Crippen LogP contribution in [-0.2, 0) is 11.3 Å². The van der Waals surface area contributed by atoms with Gasteiger partial charge in [-0.3, -0.25) is 4.79 Å². The first-order chi connectivity index (χ1) is 11.3. The Balaban J connectivity index is 1.49. The van der Waals surface area contributed by atoms with Crippen molar-refractivity contribution in [2.24, 2.45) is 0 Å². The van der Waals surface area contributed by atoms with Crippen LogP contribution in [0.2, 0.25) is 0 Å². The smallest absolute Gasteiger partial charge is 0.315 e. The number of carbonyl (C=O) groups excluding carboxylic acids is 2. The van der Waals surface area contributed by atoms with Crippen LogP contribution in [0.25, 0.3) is 0 Å². The third-order valence-electron chi connectivity index (χ3n) is 4.16. The second-order valence-corrected chi connectivity index (χ2v) is 7.09. The molecule has 1 saturated heterocycles. The number of nitrogens with zero attached hydrogens (tertiary/aromatic N) is 1. The Morgan fingerprint density at radius 2 is 2.04 bits per heavy atom. The lowest BCUT2D eigenvalue weighted by Crippen LogP contribution is -2.46. The Morgan fingerprint density at radius 3 is 2.75 bits per heavy atom. The third-order valence-corrected chi connectivity index (χ3v) is 4.16. The number of nitrogens with one attached hydrogen (secondary N) is 2. The molecule has 7 heteroatoms. The maximum Gasteiger partial charge on any atom is 0.315 e. The summed E-state index contributed by atoms with van der Waals surface area (Å²) >= 11 is 0. The van der Waals surface area contributed by atoms with Crippen molar-refractivity contribution in [2.75, 3.05) is 13.3 Å². The standard InChI is InChI=1S/C17H23N3O4/c1-17(2,3)20-9-12(7-15(20)21)19-16(22)18-8-11-4-5-13-14(6-11)24-10-23-13/h4-6,12H,7-10H2,1-3H3,(H2,18,19,22). The van der Waals surface area contributed by atoms with Crippen LogP contribution in [0.1, 0.15) is 32.8 Å². The normalized spacial score (nSPS) is 19.5. The van der Waals surface area contributed by atoms with Crippen LogP contribution >= 0.6 is 0 Å². The molecule has 130 valence electrons. The highest BCUT2D eigenvalue weighted by atomic mass is 16.7. The molecule has 1 unspecified atom stereocenters. The third kappa shape index (κ3) is 3.55. The summed E-state index contributed by atoms with van der Waals surface area (Å²) in [6.07, 6.45) is 0.342. The van der Waals surface area contributed by atoms with Crippen molar-refractivity contribution in [3.63, 3.8) is 0 Å². The molecule has 1 aromatic rings. The molecule has 2 aliphatic rings. The Bertz CT molecular complexity index is 654. The Hall–Kier alpha value is -2.44. The summed E-state index contributed by atoms with van der Waals surface area (Å²) < 4.78 is 10.6. The second-order valence-electron chi connectivity index (χ2n) is 7.09. The number of rotatable bonds is 3. The van der Waals surface area contributed by atoms with E-state index in [9.17, 15) is 9.59 Å². The topological polar surface area (TPSA) is 79.9 Å². The van der Waals surface area contributed by atoms with Crippen LogP contribution in [-0.4, -0.2) is 41.8 Å². The lowest BCUT2D eigenvalue weighted by atomic mass is 10.1. The Morgan fingerprint density at radius 1 is 1.29 bits per heavy atom. The van der Waals surface area contributed by atoms with Crippen LogP contribution in [0, 0.1) is 0 Å². The molecule has 1 aromatic carbocycles. The summed E-state index contributed by atoms with van der Waals surface area (Å²) in [6, 6.07) is 5.13. The molecule has 0 spiro atoms. The average molecular weight is 333 g/mol. The van der Waals surface area contributed by atoms with Crippen LogP contribution in [0.3, 0.4) is 0 Å². The molecule has 0 bridgehead atoms. The van der Waals surface area contributed by atoms with Gasteiger partial charge < -0.3 is 25.0 Å². The second kappa shape index (κ2) is 6.22. The summed E-state index contributed by atoms with van der Waals surface area (Å²) in [5.41, 5.74) is 0.699. The van der Waals surface area contributed by atoms with Crippen molar-refractivity contribution >= 4 is 11.9 Å². The number of hydrogen-bond acceptors (Lipinski definition) is 4. The van der Waals surface area contributed by atoms with E-state index in [4.69, 9.17) is 9.47 Å². The fraction of sp³-hybridized carbons (Fsp3) is 0.529. The van der Waals surface area contributed by atoms with Gasteiger partial charge in [0.1, 0.15) is 0 Å². The van der Waals surface area contributed by atoms with Gasteiger partial charge in [-0.25, -0.2) is 4.79 Å². The van der Waals surface area contributed by atoms with Gasteiger partial charge in [-0.2, -0.15) is 0 Å². The van der Waals surface area contributed by atoms with Gasteiger partial charge in [0.05, 0.1) is 6.04 Å². The van der Waals surface area contributed by atoms with Crippen molar-refractivity contribution in [1.29, 1.82) is 0 Å². The van der Waals surface area contributed by atoms with Crippen molar-refractivity contribution in [3.05, 3.63) is 23.8 Å². The zero-order chi connectivity index (χ0) is 17.3. The minimum absolute atomic E-state index is 0.0728. The maximum atomic E-state index is 12.1. The molecule has 24 heavy (non-hydrogen) atoms. The van der Waals surface area contributed by atoms with E-state index in [1.807, 2.05) is 39.0 Å². The molecule has 3 rings (SSSR count). The SMILES string of the molecule is CC(C)(C)N1CC(NC(=O)NCc2ccc3c(c2)OCO3)CC1=O. The van der Waals surface area contributed by atoms with Crippen molar-refractivity contribution in [3.8, 4) is 11.5 Å². The molecule has 0 aromatic heterocycles. The largest absolute Gasteiger partial charge is 0.454 e. The monoisotopic (exact) mass is 333 g/mol. The van der Waals surface area contributed by atoms with Crippen molar-refractivity contribution in [1.82, 2.24) is 15.5 Å². The Labute approximate surface area is 141 Å². The molecule has 2 heterocycles. The molecular weight excluding hydrogens is 310 g/mol. The minimum Gasteiger partial charge on any atom is -0.454 e. The van der Waals surface area contributed by atoms with E-state index in [1.54, 1.807) is 4.90 Å².